The molecule has 2 amide bonds. The number of halogens is 1. The number of benzene rings is 1. The molecule has 0 fully saturated rings. The van der Waals surface area contributed by atoms with E-state index in [-0.39, 0.29) is 5.13 Å². The fourth-order valence-corrected chi connectivity index (χ4v) is 5.35. The number of allylic oxidation sites excluding steroid dienone is 1. The summed E-state index contributed by atoms with van der Waals surface area (Å²) >= 11 is 8.38. The quantitative estimate of drug-likeness (QED) is 0.533. The monoisotopic (exact) mass is 470 g/mol. The summed E-state index contributed by atoms with van der Waals surface area (Å²) in [5.41, 5.74) is 0.802. The van der Waals surface area contributed by atoms with Crippen LogP contribution in [0.4, 0.5) is 5.13 Å². The third-order valence-electron chi connectivity index (χ3n) is 3.55. The minimum atomic E-state index is -3.99. The van der Waals surface area contributed by atoms with Crippen LogP contribution in [0, 0.1) is 0 Å². The Morgan fingerprint density at radius 1 is 1.34 bits per heavy atom. The number of anilines is 1. The molecule has 0 bridgehead atoms. The van der Waals surface area contributed by atoms with Crippen LogP contribution >= 0.6 is 34.3 Å². The van der Waals surface area contributed by atoms with Gasteiger partial charge in [0, 0.05) is 23.1 Å². The molecule has 152 valence electrons. The third kappa shape index (κ3) is 5.60. The molecular weight excluding hydrogens is 456 g/mol. The van der Waals surface area contributed by atoms with E-state index < -0.39 is 33.2 Å². The molecule has 0 atom stereocenters. The Morgan fingerprint density at radius 2 is 2.14 bits per heavy atom. The maximum atomic E-state index is 12.3. The van der Waals surface area contributed by atoms with Gasteiger partial charge in [0.1, 0.15) is 11.5 Å². The maximum absolute atomic E-state index is 12.3. The van der Waals surface area contributed by atoms with Gasteiger partial charge in [-0.2, -0.15) is 4.99 Å². The summed E-state index contributed by atoms with van der Waals surface area (Å²) in [6.07, 6.45) is 3.12. The number of amides is 2. The van der Waals surface area contributed by atoms with Gasteiger partial charge in [-0.1, -0.05) is 29.0 Å². The summed E-state index contributed by atoms with van der Waals surface area (Å²) in [6, 6.07) is 5.25. The van der Waals surface area contributed by atoms with E-state index in [2.05, 4.69) is 21.9 Å². The van der Waals surface area contributed by atoms with Crippen LogP contribution in [0.1, 0.15) is 0 Å². The minimum Gasteiger partial charge on any atom is -0.313 e. The molecule has 0 aliphatic carbocycles. The van der Waals surface area contributed by atoms with Gasteiger partial charge in [0.15, 0.2) is 19.8 Å². The minimum absolute atomic E-state index is 0.288. The fourth-order valence-electron chi connectivity index (χ4n) is 2.46. The van der Waals surface area contributed by atoms with Crippen molar-refractivity contribution in [2.24, 2.45) is 4.99 Å². The van der Waals surface area contributed by atoms with E-state index in [0.29, 0.717) is 16.4 Å². The Balaban J connectivity index is 1.79. The number of rotatable bonds is 7. The molecule has 29 heavy (non-hydrogen) atoms. The molecule has 0 aliphatic heterocycles. The lowest BCUT2D eigenvalue weighted by Gasteiger charge is -2.03. The Bertz CT molecular complexity index is 1240. The summed E-state index contributed by atoms with van der Waals surface area (Å²) in [5, 5.41) is 4.84. The smallest absolute Gasteiger partial charge is 0.263 e. The molecule has 0 saturated heterocycles. The first-order valence-electron chi connectivity index (χ1n) is 8.14. The molecule has 3 aromatic rings. The number of aromatic nitrogens is 2. The van der Waals surface area contributed by atoms with Crippen molar-refractivity contribution < 1.29 is 18.0 Å². The average molecular weight is 471 g/mol. The Labute approximate surface area is 179 Å². The van der Waals surface area contributed by atoms with Gasteiger partial charge in [-0.15, -0.1) is 17.9 Å². The summed E-state index contributed by atoms with van der Waals surface area (Å²) in [6.45, 7) is 4.07. The van der Waals surface area contributed by atoms with Crippen molar-refractivity contribution in [3.8, 4) is 0 Å². The predicted octanol–water partition coefficient (Wildman–Crippen LogP) is 2.48. The van der Waals surface area contributed by atoms with E-state index in [9.17, 15) is 18.0 Å². The first-order valence-corrected chi connectivity index (χ1v) is 12.0. The van der Waals surface area contributed by atoms with Crippen LogP contribution in [0.5, 0.6) is 0 Å². The van der Waals surface area contributed by atoms with Crippen LogP contribution in [0.3, 0.4) is 0 Å². The number of hydrogen-bond acceptors (Lipinski definition) is 7. The highest BCUT2D eigenvalue weighted by molar-refractivity contribution is 7.92. The molecule has 0 aliphatic rings. The normalized spacial score (nSPS) is 12.2. The summed E-state index contributed by atoms with van der Waals surface area (Å²) in [7, 11) is -3.99. The topological polar surface area (TPSA) is 110 Å². The largest absolute Gasteiger partial charge is 0.313 e. The highest BCUT2D eigenvalue weighted by Gasteiger charge is 2.21. The molecule has 1 aromatic carbocycles. The van der Waals surface area contributed by atoms with E-state index >= 15 is 0 Å². The van der Waals surface area contributed by atoms with E-state index in [1.807, 2.05) is 0 Å². The van der Waals surface area contributed by atoms with Crippen LogP contribution < -0.4 is 10.1 Å². The molecule has 2 aromatic heterocycles. The molecule has 0 saturated carbocycles. The molecule has 3 rings (SSSR count). The van der Waals surface area contributed by atoms with E-state index in [0.717, 1.165) is 21.6 Å². The van der Waals surface area contributed by atoms with Crippen molar-refractivity contribution in [3.63, 3.8) is 0 Å². The molecule has 0 unspecified atom stereocenters. The van der Waals surface area contributed by atoms with E-state index in [1.165, 1.54) is 17.5 Å². The summed E-state index contributed by atoms with van der Waals surface area (Å²) < 4.78 is 26.9. The number of carbonyl (C=O) groups is 2. The van der Waals surface area contributed by atoms with Gasteiger partial charge in [-0.25, -0.2) is 13.4 Å². The fraction of sp³-hybridized carbons (Fsp3) is 0.176. The number of sulfone groups is 1. The highest BCUT2D eigenvalue weighted by Crippen LogP contribution is 2.22. The Kier molecular flexibility index (Phi) is 6.63. The lowest BCUT2D eigenvalue weighted by Crippen LogP contribution is -2.28. The van der Waals surface area contributed by atoms with Crippen molar-refractivity contribution in [2.45, 2.75) is 6.54 Å². The predicted molar refractivity (Wildman–Crippen MR) is 115 cm³/mol. The van der Waals surface area contributed by atoms with E-state index in [1.54, 1.807) is 34.2 Å². The first-order chi connectivity index (χ1) is 13.8. The van der Waals surface area contributed by atoms with Gasteiger partial charge >= 0.3 is 0 Å². The van der Waals surface area contributed by atoms with Crippen molar-refractivity contribution >= 4 is 71.3 Å². The maximum Gasteiger partial charge on any atom is 0.263 e. The van der Waals surface area contributed by atoms with Crippen LogP contribution in [-0.4, -0.2) is 41.3 Å². The zero-order chi connectivity index (χ0) is 21.0. The second-order valence-electron chi connectivity index (χ2n) is 5.82. The third-order valence-corrected chi connectivity index (χ3v) is 6.90. The number of fused-ring (bicyclic) bond motifs is 1. The second kappa shape index (κ2) is 8.99. The van der Waals surface area contributed by atoms with Gasteiger partial charge < -0.3 is 9.88 Å². The summed E-state index contributed by atoms with van der Waals surface area (Å²) in [5.74, 6) is -3.32. The number of hydrogen-bond donors (Lipinski definition) is 1. The lowest BCUT2D eigenvalue weighted by atomic mass is 10.3. The Morgan fingerprint density at radius 3 is 2.83 bits per heavy atom. The van der Waals surface area contributed by atoms with Gasteiger partial charge in [-0.3, -0.25) is 9.59 Å². The molecule has 2 heterocycles. The molecule has 0 spiro atoms. The van der Waals surface area contributed by atoms with Crippen LogP contribution in [0.25, 0.3) is 10.2 Å². The molecule has 0 radical (unpaired) electrons. The number of nitrogens with zero attached hydrogens (tertiary/aromatic N) is 3. The van der Waals surface area contributed by atoms with Gasteiger partial charge in [-0.05, 0) is 18.2 Å². The highest BCUT2D eigenvalue weighted by atomic mass is 35.5. The average Bonchev–Trinajstić information content (AvgIpc) is 3.22. The first kappa shape index (κ1) is 21.4. The lowest BCUT2D eigenvalue weighted by molar-refractivity contribution is -0.115. The Hall–Kier alpha value is -2.34. The molecule has 8 nitrogen and oxygen atoms in total. The SMILES string of the molecule is C=CCn1c(=NC(=O)CS(=O)(=O)CC(=O)Nc2nccs2)sc2cc(Cl)ccc21. The van der Waals surface area contributed by atoms with E-state index in [4.69, 9.17) is 11.6 Å². The molecule has 1 N–H and O–H groups in total. The van der Waals surface area contributed by atoms with Crippen molar-refractivity contribution in [3.05, 3.63) is 52.3 Å². The van der Waals surface area contributed by atoms with Crippen molar-refractivity contribution in [1.29, 1.82) is 0 Å². The van der Waals surface area contributed by atoms with Gasteiger partial charge in [0.05, 0.1) is 10.2 Å². The van der Waals surface area contributed by atoms with Crippen LogP contribution in [0.15, 0.2) is 47.4 Å². The number of carbonyl (C=O) groups excluding carboxylic acids is 2. The van der Waals surface area contributed by atoms with Gasteiger partial charge in [0.25, 0.3) is 5.91 Å². The standard InChI is InChI=1S/C17H15ClN4O4S3/c1-2-6-22-12-4-3-11(18)8-13(12)28-17(22)21-15(24)10-29(25,26)9-14(23)20-16-19-5-7-27-16/h2-5,7-8H,1,6,9-10H2,(H,19,20,23). The number of thiazole rings is 2. The van der Waals surface area contributed by atoms with Crippen molar-refractivity contribution in [1.82, 2.24) is 9.55 Å². The van der Waals surface area contributed by atoms with Crippen LogP contribution in [0.2, 0.25) is 5.02 Å². The van der Waals surface area contributed by atoms with Crippen LogP contribution in [-0.2, 0) is 26.0 Å². The van der Waals surface area contributed by atoms with Crippen molar-refractivity contribution in [2.75, 3.05) is 16.8 Å². The van der Waals surface area contributed by atoms with Gasteiger partial charge in [0.2, 0.25) is 5.91 Å². The number of nitrogens with one attached hydrogen (secondary N) is 1. The molecular formula is C17H15ClN4O4S3. The summed E-state index contributed by atoms with van der Waals surface area (Å²) in [4.78, 5) is 32.3. The second-order valence-corrected chi connectivity index (χ2v) is 10.2. The zero-order valence-electron chi connectivity index (χ0n) is 14.9. The zero-order valence-corrected chi connectivity index (χ0v) is 18.1. The molecule has 12 heteroatoms.